The van der Waals surface area contributed by atoms with Crippen molar-refractivity contribution in [1.29, 1.82) is 0 Å². The lowest BCUT2D eigenvalue weighted by Gasteiger charge is -2.08. The number of phenolic OH excluding ortho intramolecular Hbond substituents is 1. The molecular formula is C11H14ClNO5. The molecule has 6 nitrogen and oxygen atoms in total. The average molecular weight is 276 g/mol. The first-order chi connectivity index (χ1) is 8.23. The zero-order valence-electron chi connectivity index (χ0n) is 9.94. The van der Waals surface area contributed by atoms with Gasteiger partial charge in [-0.2, -0.15) is 0 Å². The van der Waals surface area contributed by atoms with Crippen molar-refractivity contribution in [2.45, 2.75) is 6.54 Å². The molecule has 0 aliphatic carbocycles. The highest BCUT2D eigenvalue weighted by Gasteiger charge is 2.04. The third kappa shape index (κ3) is 6.72. The highest BCUT2D eigenvalue weighted by Crippen LogP contribution is 2.20. The van der Waals surface area contributed by atoms with Crippen LogP contribution in [0.5, 0.6) is 5.75 Å². The van der Waals surface area contributed by atoms with Crippen LogP contribution in [0.1, 0.15) is 5.56 Å². The molecule has 7 heteroatoms. The number of carbonyl (C=O) groups excluding carboxylic acids is 1. The van der Waals surface area contributed by atoms with E-state index in [1.165, 1.54) is 4.90 Å². The first-order valence-electron chi connectivity index (χ1n) is 4.94. The van der Waals surface area contributed by atoms with Gasteiger partial charge in [-0.15, -0.1) is 0 Å². The Balaban J connectivity index is 0.000000411. The smallest absolute Gasteiger partial charge is 0.351 e. The van der Waals surface area contributed by atoms with E-state index in [1.807, 2.05) is 14.1 Å². The Morgan fingerprint density at radius 1 is 1.39 bits per heavy atom. The van der Waals surface area contributed by atoms with Gasteiger partial charge in [-0.25, -0.2) is 4.79 Å². The fourth-order valence-electron chi connectivity index (χ4n) is 1.08. The van der Waals surface area contributed by atoms with E-state index in [1.54, 1.807) is 18.2 Å². The van der Waals surface area contributed by atoms with Crippen LogP contribution in [-0.4, -0.2) is 36.2 Å². The normalized spacial score (nSPS) is 9.56. The third-order valence-electron chi connectivity index (χ3n) is 1.76. The Morgan fingerprint density at radius 3 is 2.28 bits per heavy atom. The lowest BCUT2D eigenvalue weighted by atomic mass is 10.2. The quantitative estimate of drug-likeness (QED) is 0.571. The van der Waals surface area contributed by atoms with Crippen LogP contribution in [0.15, 0.2) is 18.2 Å². The van der Waals surface area contributed by atoms with Gasteiger partial charge < -0.3 is 25.0 Å². The Hall–Kier alpha value is -1.79. The van der Waals surface area contributed by atoms with Crippen molar-refractivity contribution in [3.63, 3.8) is 0 Å². The van der Waals surface area contributed by atoms with Gasteiger partial charge in [0, 0.05) is 10.6 Å². The first kappa shape index (κ1) is 16.2. The van der Waals surface area contributed by atoms with E-state index in [2.05, 4.69) is 0 Å². The van der Waals surface area contributed by atoms with E-state index >= 15 is 0 Å². The lowest BCUT2D eigenvalue weighted by molar-refractivity contribution is -0.872. The Morgan fingerprint density at radius 2 is 1.89 bits per heavy atom. The SMILES string of the molecule is C[NH+](C)Cc1cc(Cl)ccc1O.O=C([O-])C(=O)O. The highest BCUT2D eigenvalue weighted by atomic mass is 35.5. The first-order valence-corrected chi connectivity index (χ1v) is 5.32. The van der Waals surface area contributed by atoms with Crippen molar-refractivity contribution in [2.24, 2.45) is 0 Å². The Labute approximate surface area is 109 Å². The molecule has 1 aromatic rings. The summed E-state index contributed by atoms with van der Waals surface area (Å²) in [6.07, 6.45) is 0. The maximum Gasteiger partial charge on any atom is 0.351 e. The van der Waals surface area contributed by atoms with Crippen molar-refractivity contribution >= 4 is 23.5 Å². The predicted molar refractivity (Wildman–Crippen MR) is 62.3 cm³/mol. The monoisotopic (exact) mass is 275 g/mol. The fraction of sp³-hybridized carbons (Fsp3) is 0.273. The highest BCUT2D eigenvalue weighted by molar-refractivity contribution is 6.30. The van der Waals surface area contributed by atoms with E-state index in [0.29, 0.717) is 10.8 Å². The summed E-state index contributed by atoms with van der Waals surface area (Å²) in [4.78, 5) is 19.3. The van der Waals surface area contributed by atoms with Gasteiger partial charge in [0.1, 0.15) is 12.3 Å². The summed E-state index contributed by atoms with van der Waals surface area (Å²) in [6, 6.07) is 5.11. The number of benzene rings is 1. The van der Waals surface area contributed by atoms with Crippen molar-refractivity contribution in [3.05, 3.63) is 28.8 Å². The van der Waals surface area contributed by atoms with Gasteiger partial charge >= 0.3 is 5.97 Å². The van der Waals surface area contributed by atoms with E-state index in [9.17, 15) is 5.11 Å². The molecule has 0 unspecified atom stereocenters. The number of quaternary nitrogens is 1. The number of phenols is 1. The van der Waals surface area contributed by atoms with Crippen molar-refractivity contribution < 1.29 is 29.8 Å². The minimum atomic E-state index is -2.07. The molecular weight excluding hydrogens is 262 g/mol. The number of carboxylic acids is 2. The summed E-state index contributed by atoms with van der Waals surface area (Å²) in [6.45, 7) is 0.784. The van der Waals surface area contributed by atoms with Crippen molar-refractivity contribution in [1.82, 2.24) is 0 Å². The number of hydrogen-bond acceptors (Lipinski definition) is 4. The van der Waals surface area contributed by atoms with Crippen LogP contribution in [0.3, 0.4) is 0 Å². The van der Waals surface area contributed by atoms with Crippen LogP contribution in [-0.2, 0) is 16.1 Å². The standard InChI is InChI=1S/C9H12ClNO.C2H2O4/c1-11(2)6-7-5-8(10)3-4-9(7)12;3-1(4)2(5)6/h3-5,12H,6H2,1-2H3;(H,3,4)(H,5,6). The summed E-state index contributed by atoms with van der Waals surface area (Å²) in [7, 11) is 4.06. The van der Waals surface area contributed by atoms with Gasteiger partial charge in [0.05, 0.1) is 14.1 Å². The second kappa shape index (κ2) is 7.52. The molecule has 0 radical (unpaired) electrons. The number of aliphatic carboxylic acids is 2. The van der Waals surface area contributed by atoms with E-state index in [-0.39, 0.29) is 0 Å². The van der Waals surface area contributed by atoms with Crippen LogP contribution in [0, 0.1) is 0 Å². The molecule has 0 aliphatic heterocycles. The lowest BCUT2D eigenvalue weighted by Crippen LogP contribution is -3.04. The molecule has 1 rings (SSSR count). The maximum absolute atomic E-state index is 9.41. The number of carboxylic acid groups (broad SMARTS) is 2. The molecule has 1 aromatic carbocycles. The molecule has 0 bridgehead atoms. The third-order valence-corrected chi connectivity index (χ3v) is 2.00. The largest absolute Gasteiger partial charge is 0.539 e. The topological polar surface area (TPSA) is 102 Å². The summed E-state index contributed by atoms with van der Waals surface area (Å²) in [5.41, 5.74) is 0.891. The molecule has 3 N–H and O–H groups in total. The fourth-order valence-corrected chi connectivity index (χ4v) is 1.27. The van der Waals surface area contributed by atoms with Gasteiger partial charge in [-0.05, 0) is 18.2 Å². The summed E-state index contributed by atoms with van der Waals surface area (Å²) >= 11 is 5.78. The zero-order valence-corrected chi connectivity index (χ0v) is 10.7. The van der Waals surface area contributed by atoms with Crippen LogP contribution in [0.25, 0.3) is 0 Å². The van der Waals surface area contributed by atoms with E-state index < -0.39 is 11.9 Å². The molecule has 0 fully saturated rings. The zero-order chi connectivity index (χ0) is 14.3. The predicted octanol–water partition coefficient (Wildman–Crippen LogP) is -1.49. The van der Waals surface area contributed by atoms with Gasteiger partial charge in [0.15, 0.2) is 5.97 Å². The molecule has 18 heavy (non-hydrogen) atoms. The maximum atomic E-state index is 9.41. The van der Waals surface area contributed by atoms with Crippen LogP contribution in [0.4, 0.5) is 0 Å². The molecule has 0 atom stereocenters. The second-order valence-corrected chi connectivity index (χ2v) is 4.19. The van der Waals surface area contributed by atoms with E-state index in [4.69, 9.17) is 31.4 Å². The summed E-state index contributed by atoms with van der Waals surface area (Å²) in [5.74, 6) is -3.69. The molecule has 100 valence electrons. The number of hydrogen-bond donors (Lipinski definition) is 3. The number of nitrogens with one attached hydrogen (secondary N) is 1. The molecule has 0 aliphatic rings. The molecule has 0 spiro atoms. The number of carbonyl (C=O) groups is 2. The van der Waals surface area contributed by atoms with Gasteiger partial charge in [-0.1, -0.05) is 11.6 Å². The van der Waals surface area contributed by atoms with Crippen LogP contribution >= 0.6 is 11.6 Å². The molecule has 0 amide bonds. The minimum Gasteiger partial charge on any atom is -0.539 e. The number of aromatic hydroxyl groups is 1. The van der Waals surface area contributed by atoms with Gasteiger partial charge in [0.25, 0.3) is 0 Å². The van der Waals surface area contributed by atoms with Crippen molar-refractivity contribution in [2.75, 3.05) is 14.1 Å². The van der Waals surface area contributed by atoms with E-state index in [0.717, 1.165) is 12.1 Å². The van der Waals surface area contributed by atoms with Crippen LogP contribution in [0.2, 0.25) is 5.02 Å². The summed E-state index contributed by atoms with van der Waals surface area (Å²) < 4.78 is 0. The molecule has 0 saturated carbocycles. The minimum absolute atomic E-state index is 0.320. The average Bonchev–Trinajstić information content (AvgIpc) is 2.23. The van der Waals surface area contributed by atoms with Gasteiger partial charge in [-0.3, -0.25) is 0 Å². The van der Waals surface area contributed by atoms with Crippen molar-refractivity contribution in [3.8, 4) is 5.75 Å². The van der Waals surface area contributed by atoms with Crippen LogP contribution < -0.4 is 10.0 Å². The second-order valence-electron chi connectivity index (χ2n) is 3.75. The molecule has 0 saturated heterocycles. The summed E-state index contributed by atoms with van der Waals surface area (Å²) in [5, 5.41) is 26.4. The molecule has 0 heterocycles. The number of halogens is 1. The number of rotatable bonds is 2. The van der Waals surface area contributed by atoms with Gasteiger partial charge in [0.2, 0.25) is 0 Å². The Bertz CT molecular complexity index is 421. The Kier molecular flexibility index (Phi) is 6.77. The molecule has 0 aromatic heterocycles.